The van der Waals surface area contributed by atoms with Crippen LogP contribution in [0.3, 0.4) is 0 Å². The van der Waals surface area contributed by atoms with E-state index in [1.807, 2.05) is 32.3 Å². The number of aryl methyl sites for hydroxylation is 1. The molecule has 2 rings (SSSR count). The second-order valence-corrected chi connectivity index (χ2v) is 5.30. The van der Waals surface area contributed by atoms with Gasteiger partial charge < -0.3 is 9.67 Å². The summed E-state index contributed by atoms with van der Waals surface area (Å²) in [5.74, 6) is 0.250. The van der Waals surface area contributed by atoms with Gasteiger partial charge >= 0.3 is 0 Å². The molecule has 0 aliphatic carbocycles. The summed E-state index contributed by atoms with van der Waals surface area (Å²) in [6.45, 7) is 7.02. The Morgan fingerprint density at radius 1 is 1.22 bits per heavy atom. The molecular formula is C16H21NO. The van der Waals surface area contributed by atoms with Crippen LogP contribution in [0.4, 0.5) is 0 Å². The van der Waals surface area contributed by atoms with Gasteiger partial charge in [-0.15, -0.1) is 0 Å². The molecule has 2 heteroatoms. The second-order valence-electron chi connectivity index (χ2n) is 5.30. The molecule has 1 heterocycles. The third kappa shape index (κ3) is 3.02. The summed E-state index contributed by atoms with van der Waals surface area (Å²) in [7, 11) is 0. The van der Waals surface area contributed by atoms with E-state index in [9.17, 15) is 5.11 Å². The van der Waals surface area contributed by atoms with Crippen LogP contribution in [-0.2, 0) is 6.54 Å². The predicted octanol–water partition coefficient (Wildman–Crippen LogP) is 3.53. The van der Waals surface area contributed by atoms with Gasteiger partial charge in [-0.2, -0.15) is 0 Å². The highest BCUT2D eigenvalue weighted by Gasteiger charge is 2.12. The minimum absolute atomic E-state index is 0.250. The highest BCUT2D eigenvalue weighted by Crippen LogP contribution is 2.21. The first kappa shape index (κ1) is 12.9. The number of hydrogen-bond acceptors (Lipinski definition) is 1. The lowest BCUT2D eigenvalue weighted by molar-refractivity contribution is 0.127. The normalized spacial score (nSPS) is 12.9. The highest BCUT2D eigenvalue weighted by molar-refractivity contribution is 5.23. The average Bonchev–Trinajstić information content (AvgIpc) is 2.76. The Kier molecular flexibility index (Phi) is 3.87. The van der Waals surface area contributed by atoms with Crippen molar-refractivity contribution in [3.05, 3.63) is 59.4 Å². The molecule has 0 aliphatic rings. The maximum absolute atomic E-state index is 10.0. The lowest BCUT2D eigenvalue weighted by Crippen LogP contribution is -2.04. The van der Waals surface area contributed by atoms with E-state index >= 15 is 0 Å². The zero-order chi connectivity index (χ0) is 13.1. The van der Waals surface area contributed by atoms with E-state index in [0.29, 0.717) is 0 Å². The lowest BCUT2D eigenvalue weighted by Gasteiger charge is -2.12. The molecule has 0 saturated heterocycles. The average molecular weight is 243 g/mol. The van der Waals surface area contributed by atoms with Crippen LogP contribution in [0.5, 0.6) is 0 Å². The maximum atomic E-state index is 10.0. The molecule has 18 heavy (non-hydrogen) atoms. The molecule has 0 fully saturated rings. The van der Waals surface area contributed by atoms with Gasteiger partial charge in [0.05, 0.1) is 6.10 Å². The monoisotopic (exact) mass is 243 g/mol. The van der Waals surface area contributed by atoms with Gasteiger partial charge in [0, 0.05) is 18.9 Å². The first-order valence-electron chi connectivity index (χ1n) is 6.45. The van der Waals surface area contributed by atoms with Crippen molar-refractivity contribution >= 4 is 0 Å². The van der Waals surface area contributed by atoms with Gasteiger partial charge in [0.1, 0.15) is 0 Å². The van der Waals surface area contributed by atoms with Crippen molar-refractivity contribution in [2.75, 3.05) is 0 Å². The fraction of sp³-hybridized carbons (Fsp3) is 0.375. The fourth-order valence-electron chi connectivity index (χ4n) is 2.14. The van der Waals surface area contributed by atoms with Crippen molar-refractivity contribution < 1.29 is 5.11 Å². The van der Waals surface area contributed by atoms with E-state index in [-0.39, 0.29) is 12.0 Å². The smallest absolute Gasteiger partial charge is 0.0827 e. The number of nitrogens with zero attached hydrogens (tertiary/aromatic N) is 1. The summed E-state index contributed by atoms with van der Waals surface area (Å²) >= 11 is 0. The first-order valence-corrected chi connectivity index (χ1v) is 6.45. The van der Waals surface area contributed by atoms with Gasteiger partial charge in [0.15, 0.2) is 0 Å². The van der Waals surface area contributed by atoms with Gasteiger partial charge in [-0.3, -0.25) is 0 Å². The largest absolute Gasteiger partial charge is 0.388 e. The fourth-order valence-corrected chi connectivity index (χ4v) is 2.14. The zero-order valence-electron chi connectivity index (χ0n) is 11.3. The minimum atomic E-state index is -0.372. The molecule has 0 radical (unpaired) electrons. The molecule has 96 valence electrons. The van der Waals surface area contributed by atoms with Crippen molar-refractivity contribution in [2.24, 2.45) is 5.92 Å². The summed E-state index contributed by atoms with van der Waals surface area (Å²) in [5.41, 5.74) is 3.57. The molecule has 0 spiro atoms. The van der Waals surface area contributed by atoms with Gasteiger partial charge in [-0.05, 0) is 30.0 Å². The topological polar surface area (TPSA) is 25.2 Å². The molecule has 0 amide bonds. The number of hydrogen-bond donors (Lipinski definition) is 1. The minimum Gasteiger partial charge on any atom is -0.388 e. The maximum Gasteiger partial charge on any atom is 0.0827 e. The molecule has 1 aromatic heterocycles. The lowest BCUT2D eigenvalue weighted by atomic mass is 10.0. The Morgan fingerprint density at radius 2 is 2.00 bits per heavy atom. The van der Waals surface area contributed by atoms with Crippen LogP contribution in [0.1, 0.15) is 36.6 Å². The van der Waals surface area contributed by atoms with Gasteiger partial charge in [-0.1, -0.05) is 43.7 Å². The first-order chi connectivity index (χ1) is 8.56. The van der Waals surface area contributed by atoms with E-state index in [1.165, 1.54) is 11.1 Å². The van der Waals surface area contributed by atoms with Crippen molar-refractivity contribution in [1.29, 1.82) is 0 Å². The van der Waals surface area contributed by atoms with Crippen LogP contribution in [0.15, 0.2) is 42.7 Å². The summed E-state index contributed by atoms with van der Waals surface area (Å²) in [6.07, 6.45) is 3.69. The zero-order valence-corrected chi connectivity index (χ0v) is 11.3. The molecule has 1 atom stereocenters. The predicted molar refractivity (Wildman–Crippen MR) is 74.5 cm³/mol. The van der Waals surface area contributed by atoms with Gasteiger partial charge in [0.25, 0.3) is 0 Å². The van der Waals surface area contributed by atoms with Crippen LogP contribution in [0.25, 0.3) is 0 Å². The van der Waals surface area contributed by atoms with Crippen LogP contribution >= 0.6 is 0 Å². The van der Waals surface area contributed by atoms with Crippen molar-refractivity contribution in [1.82, 2.24) is 4.57 Å². The molecule has 1 aromatic carbocycles. The Bertz CT molecular complexity index is 513. The summed E-state index contributed by atoms with van der Waals surface area (Å²) in [5, 5.41) is 10.0. The van der Waals surface area contributed by atoms with Crippen LogP contribution in [0, 0.1) is 12.8 Å². The van der Waals surface area contributed by atoms with E-state index in [4.69, 9.17) is 0 Å². The van der Waals surface area contributed by atoms with Crippen LogP contribution in [0.2, 0.25) is 0 Å². The SMILES string of the molecule is Cc1cccc(Cn2ccc(C(O)C(C)C)c2)c1. The molecule has 2 aromatic rings. The second kappa shape index (κ2) is 5.40. The Labute approximate surface area is 109 Å². The van der Waals surface area contributed by atoms with Crippen molar-refractivity contribution in [3.63, 3.8) is 0 Å². The third-order valence-corrected chi connectivity index (χ3v) is 3.19. The van der Waals surface area contributed by atoms with Crippen molar-refractivity contribution in [2.45, 2.75) is 33.4 Å². The van der Waals surface area contributed by atoms with Gasteiger partial charge in [0.2, 0.25) is 0 Å². The number of aliphatic hydroxyl groups excluding tert-OH is 1. The third-order valence-electron chi connectivity index (χ3n) is 3.19. The van der Waals surface area contributed by atoms with Crippen molar-refractivity contribution in [3.8, 4) is 0 Å². The van der Waals surface area contributed by atoms with E-state index < -0.39 is 0 Å². The Balaban J connectivity index is 2.11. The van der Waals surface area contributed by atoms with Crippen LogP contribution in [-0.4, -0.2) is 9.67 Å². The standard InChI is InChI=1S/C16H21NO/c1-12(2)16(18)15-7-8-17(11-15)10-14-6-4-5-13(3)9-14/h4-9,11-12,16,18H,10H2,1-3H3. The summed E-state index contributed by atoms with van der Waals surface area (Å²) < 4.78 is 2.12. The van der Waals surface area contributed by atoms with E-state index in [0.717, 1.165) is 12.1 Å². The molecular weight excluding hydrogens is 222 g/mol. The number of aliphatic hydroxyl groups is 1. The van der Waals surface area contributed by atoms with Gasteiger partial charge in [-0.25, -0.2) is 0 Å². The number of rotatable bonds is 4. The van der Waals surface area contributed by atoms with E-state index in [1.54, 1.807) is 0 Å². The quantitative estimate of drug-likeness (QED) is 0.873. The van der Waals surface area contributed by atoms with E-state index in [2.05, 4.69) is 35.8 Å². The van der Waals surface area contributed by atoms with Crippen LogP contribution < -0.4 is 0 Å². The number of aromatic nitrogens is 1. The number of benzene rings is 1. The Morgan fingerprint density at radius 3 is 2.67 bits per heavy atom. The summed E-state index contributed by atoms with van der Waals surface area (Å²) in [6, 6.07) is 10.5. The molecule has 0 saturated carbocycles. The Hall–Kier alpha value is -1.54. The molecule has 0 bridgehead atoms. The molecule has 1 unspecified atom stereocenters. The molecule has 0 aliphatic heterocycles. The molecule has 1 N–H and O–H groups in total. The summed E-state index contributed by atoms with van der Waals surface area (Å²) in [4.78, 5) is 0. The molecule has 2 nitrogen and oxygen atoms in total. The highest BCUT2D eigenvalue weighted by atomic mass is 16.3.